The van der Waals surface area contributed by atoms with E-state index in [2.05, 4.69) is 9.97 Å². The van der Waals surface area contributed by atoms with Gasteiger partial charge in [0.25, 0.3) is 0 Å². The molecule has 1 N–H and O–H groups in total. The van der Waals surface area contributed by atoms with E-state index in [-0.39, 0.29) is 5.69 Å². The van der Waals surface area contributed by atoms with Gasteiger partial charge in [-0.25, -0.2) is 14.8 Å². The van der Waals surface area contributed by atoms with Gasteiger partial charge < -0.3 is 14.7 Å². The summed E-state index contributed by atoms with van der Waals surface area (Å²) in [7, 11) is 3.46. The van der Waals surface area contributed by atoms with Crippen LogP contribution in [-0.2, 0) is 4.74 Å². The number of aromatic nitrogens is 2. The molecule has 88 valence electrons. The number of nitrogens with zero attached hydrogens (tertiary/aromatic N) is 3. The van der Waals surface area contributed by atoms with E-state index in [4.69, 9.17) is 9.84 Å². The van der Waals surface area contributed by atoms with Crippen LogP contribution in [0.25, 0.3) is 0 Å². The number of hydrogen-bond acceptors (Lipinski definition) is 5. The summed E-state index contributed by atoms with van der Waals surface area (Å²) in [6.45, 7) is 1.37. The van der Waals surface area contributed by atoms with Gasteiger partial charge in [-0.3, -0.25) is 0 Å². The largest absolute Gasteiger partial charge is 0.477 e. The van der Waals surface area contributed by atoms with Crippen LogP contribution in [0.5, 0.6) is 0 Å². The number of methoxy groups -OCH3 is 1. The molecule has 1 aromatic rings. The second kappa shape index (κ2) is 6.02. The predicted octanol–water partition coefficient (Wildman–Crippen LogP) is 0.647. The molecular formula is C10H15N3O3. The summed E-state index contributed by atoms with van der Waals surface area (Å²) < 4.78 is 4.93. The zero-order valence-electron chi connectivity index (χ0n) is 9.38. The summed E-state index contributed by atoms with van der Waals surface area (Å²) in [6, 6.07) is 1.37. The minimum absolute atomic E-state index is 0.00333. The molecule has 0 fully saturated rings. The Kier molecular flexibility index (Phi) is 4.65. The Morgan fingerprint density at radius 3 is 3.00 bits per heavy atom. The molecule has 0 aliphatic rings. The molecule has 0 aliphatic heterocycles. The monoisotopic (exact) mass is 225 g/mol. The minimum atomic E-state index is -1.05. The number of aromatic carboxylic acids is 1. The van der Waals surface area contributed by atoms with Gasteiger partial charge in [0.1, 0.15) is 0 Å². The van der Waals surface area contributed by atoms with E-state index in [0.717, 1.165) is 13.0 Å². The quantitative estimate of drug-likeness (QED) is 0.716. The van der Waals surface area contributed by atoms with Gasteiger partial charge in [0.05, 0.1) is 0 Å². The summed E-state index contributed by atoms with van der Waals surface area (Å²) in [4.78, 5) is 20.4. The molecule has 1 rings (SSSR count). The molecule has 0 aliphatic carbocycles. The first-order chi connectivity index (χ1) is 7.65. The fourth-order valence-corrected chi connectivity index (χ4v) is 1.20. The number of ether oxygens (including phenoxy) is 1. The lowest BCUT2D eigenvalue weighted by atomic mass is 10.4. The molecule has 1 aromatic heterocycles. The Labute approximate surface area is 93.9 Å². The third-order valence-corrected chi connectivity index (χ3v) is 2.05. The van der Waals surface area contributed by atoms with Crippen molar-refractivity contribution in [1.82, 2.24) is 9.97 Å². The summed E-state index contributed by atoms with van der Waals surface area (Å²) >= 11 is 0. The van der Waals surface area contributed by atoms with Crippen molar-refractivity contribution in [3.05, 3.63) is 18.0 Å². The number of anilines is 1. The first-order valence-electron chi connectivity index (χ1n) is 4.91. The molecule has 6 heteroatoms. The van der Waals surface area contributed by atoms with E-state index < -0.39 is 5.97 Å². The van der Waals surface area contributed by atoms with Crippen LogP contribution in [0, 0.1) is 0 Å². The summed E-state index contributed by atoms with van der Waals surface area (Å²) in [5.41, 5.74) is 0.00333. The fraction of sp³-hybridized carbons (Fsp3) is 0.500. The molecule has 0 radical (unpaired) electrons. The SMILES string of the molecule is COCCCN(C)c1nccc(C(=O)O)n1. The van der Waals surface area contributed by atoms with Crippen molar-refractivity contribution >= 4 is 11.9 Å². The highest BCUT2D eigenvalue weighted by Gasteiger charge is 2.08. The van der Waals surface area contributed by atoms with Crippen molar-refractivity contribution < 1.29 is 14.6 Å². The van der Waals surface area contributed by atoms with Crippen LogP contribution in [0.4, 0.5) is 5.95 Å². The maximum Gasteiger partial charge on any atom is 0.354 e. The molecule has 0 bridgehead atoms. The topological polar surface area (TPSA) is 75.5 Å². The predicted molar refractivity (Wildman–Crippen MR) is 58.8 cm³/mol. The van der Waals surface area contributed by atoms with Crippen molar-refractivity contribution in [2.75, 3.05) is 32.2 Å². The molecular weight excluding hydrogens is 210 g/mol. The lowest BCUT2D eigenvalue weighted by Crippen LogP contribution is -2.22. The smallest absolute Gasteiger partial charge is 0.354 e. The number of carboxylic acids is 1. The second-order valence-electron chi connectivity index (χ2n) is 3.31. The second-order valence-corrected chi connectivity index (χ2v) is 3.31. The maximum absolute atomic E-state index is 10.7. The molecule has 0 unspecified atom stereocenters. The lowest BCUT2D eigenvalue weighted by Gasteiger charge is -2.16. The van der Waals surface area contributed by atoms with E-state index in [1.54, 1.807) is 12.0 Å². The molecule has 0 atom stereocenters. The first-order valence-corrected chi connectivity index (χ1v) is 4.91. The molecule has 0 amide bonds. The Hall–Kier alpha value is -1.69. The number of carbonyl (C=O) groups is 1. The first kappa shape index (κ1) is 12.4. The van der Waals surface area contributed by atoms with Crippen molar-refractivity contribution in [2.45, 2.75) is 6.42 Å². The third kappa shape index (κ3) is 3.47. The Morgan fingerprint density at radius 1 is 1.62 bits per heavy atom. The van der Waals surface area contributed by atoms with Crippen LogP contribution < -0.4 is 4.90 Å². The average molecular weight is 225 g/mol. The number of rotatable bonds is 6. The number of hydrogen-bond donors (Lipinski definition) is 1. The van der Waals surface area contributed by atoms with Crippen molar-refractivity contribution in [1.29, 1.82) is 0 Å². The van der Waals surface area contributed by atoms with E-state index in [1.807, 2.05) is 7.05 Å². The van der Waals surface area contributed by atoms with Crippen molar-refractivity contribution in [3.63, 3.8) is 0 Å². The van der Waals surface area contributed by atoms with Crippen LogP contribution in [0.15, 0.2) is 12.3 Å². The molecule has 1 heterocycles. The Balaban J connectivity index is 2.64. The molecule has 16 heavy (non-hydrogen) atoms. The molecule has 0 saturated carbocycles. The number of carboxylic acid groups (broad SMARTS) is 1. The van der Waals surface area contributed by atoms with Crippen molar-refractivity contribution in [2.24, 2.45) is 0 Å². The van der Waals surface area contributed by atoms with Crippen LogP contribution in [0.1, 0.15) is 16.9 Å². The van der Waals surface area contributed by atoms with Gasteiger partial charge in [-0.1, -0.05) is 0 Å². The molecule has 0 aromatic carbocycles. The molecule has 0 saturated heterocycles. The highest BCUT2D eigenvalue weighted by Crippen LogP contribution is 2.06. The van der Waals surface area contributed by atoms with Crippen LogP contribution in [0.2, 0.25) is 0 Å². The summed E-state index contributed by atoms with van der Waals surface area (Å²) in [5.74, 6) is -0.634. The van der Waals surface area contributed by atoms with E-state index in [9.17, 15) is 4.79 Å². The maximum atomic E-state index is 10.7. The summed E-state index contributed by atoms with van der Waals surface area (Å²) in [6.07, 6.45) is 2.28. The van der Waals surface area contributed by atoms with Gasteiger partial charge in [-0.15, -0.1) is 0 Å². The highest BCUT2D eigenvalue weighted by molar-refractivity contribution is 5.85. The van der Waals surface area contributed by atoms with E-state index in [0.29, 0.717) is 12.6 Å². The van der Waals surface area contributed by atoms with E-state index in [1.165, 1.54) is 12.3 Å². The van der Waals surface area contributed by atoms with Crippen LogP contribution in [0.3, 0.4) is 0 Å². The Morgan fingerprint density at radius 2 is 2.38 bits per heavy atom. The van der Waals surface area contributed by atoms with Crippen LogP contribution >= 0.6 is 0 Å². The van der Waals surface area contributed by atoms with Crippen molar-refractivity contribution in [3.8, 4) is 0 Å². The zero-order chi connectivity index (χ0) is 12.0. The highest BCUT2D eigenvalue weighted by atomic mass is 16.5. The van der Waals surface area contributed by atoms with Gasteiger partial charge in [0.2, 0.25) is 5.95 Å². The zero-order valence-corrected chi connectivity index (χ0v) is 9.38. The average Bonchev–Trinajstić information content (AvgIpc) is 2.29. The van der Waals surface area contributed by atoms with Gasteiger partial charge in [0.15, 0.2) is 5.69 Å². The third-order valence-electron chi connectivity index (χ3n) is 2.05. The van der Waals surface area contributed by atoms with Gasteiger partial charge >= 0.3 is 5.97 Å². The normalized spacial score (nSPS) is 10.1. The minimum Gasteiger partial charge on any atom is -0.477 e. The van der Waals surface area contributed by atoms with Gasteiger partial charge in [0, 0.05) is 33.5 Å². The standard InChI is InChI=1S/C10H15N3O3/c1-13(6-3-7-16-2)10-11-5-4-8(12-10)9(14)15/h4-5H,3,6-7H2,1-2H3,(H,14,15). The molecule has 0 spiro atoms. The van der Waals surface area contributed by atoms with Crippen LogP contribution in [-0.4, -0.2) is 48.4 Å². The Bertz CT molecular complexity index is 357. The summed E-state index contributed by atoms with van der Waals surface area (Å²) in [5, 5.41) is 8.78. The lowest BCUT2D eigenvalue weighted by molar-refractivity contribution is 0.0690. The van der Waals surface area contributed by atoms with Gasteiger partial charge in [-0.05, 0) is 12.5 Å². The fourth-order valence-electron chi connectivity index (χ4n) is 1.20. The van der Waals surface area contributed by atoms with E-state index >= 15 is 0 Å². The van der Waals surface area contributed by atoms with Gasteiger partial charge in [-0.2, -0.15) is 0 Å². The molecule has 6 nitrogen and oxygen atoms in total.